The van der Waals surface area contributed by atoms with Crippen molar-refractivity contribution >= 4 is 28.2 Å². The minimum absolute atomic E-state index is 0.0834. The van der Waals surface area contributed by atoms with Gasteiger partial charge in [0.25, 0.3) is 5.56 Å². The first-order valence-electron chi connectivity index (χ1n) is 7.84. The van der Waals surface area contributed by atoms with Crippen LogP contribution in [0.1, 0.15) is 16.3 Å². The van der Waals surface area contributed by atoms with Crippen molar-refractivity contribution in [3.05, 3.63) is 63.0 Å². The molecule has 26 heavy (non-hydrogen) atoms. The SMILES string of the molecule is Cc1cc(=O)n2nc(COC(=O)CNC(=O)Cc3ccccc3)sc2n1. The lowest BCUT2D eigenvalue weighted by Crippen LogP contribution is -2.31. The number of nitrogens with zero attached hydrogens (tertiary/aromatic N) is 3. The van der Waals surface area contributed by atoms with Gasteiger partial charge in [-0.2, -0.15) is 9.61 Å². The van der Waals surface area contributed by atoms with Crippen molar-refractivity contribution in [3.63, 3.8) is 0 Å². The van der Waals surface area contributed by atoms with E-state index >= 15 is 0 Å². The largest absolute Gasteiger partial charge is 0.457 e. The van der Waals surface area contributed by atoms with Gasteiger partial charge in [-0.15, -0.1) is 0 Å². The highest BCUT2D eigenvalue weighted by Crippen LogP contribution is 2.12. The minimum atomic E-state index is -0.581. The molecule has 3 aromatic rings. The first-order chi connectivity index (χ1) is 12.5. The van der Waals surface area contributed by atoms with E-state index in [0.717, 1.165) is 5.56 Å². The van der Waals surface area contributed by atoms with Crippen LogP contribution in [0, 0.1) is 6.92 Å². The summed E-state index contributed by atoms with van der Waals surface area (Å²) < 4.78 is 6.25. The highest BCUT2D eigenvalue weighted by Gasteiger charge is 2.11. The van der Waals surface area contributed by atoms with Crippen LogP contribution < -0.4 is 10.9 Å². The summed E-state index contributed by atoms with van der Waals surface area (Å²) in [7, 11) is 0. The first-order valence-corrected chi connectivity index (χ1v) is 8.65. The number of hydrogen-bond donors (Lipinski definition) is 1. The molecule has 2 aromatic heterocycles. The number of rotatable bonds is 6. The van der Waals surface area contributed by atoms with Gasteiger partial charge in [0.15, 0.2) is 5.01 Å². The lowest BCUT2D eigenvalue weighted by atomic mass is 10.1. The van der Waals surface area contributed by atoms with E-state index in [-0.39, 0.29) is 31.0 Å². The molecule has 1 amide bonds. The highest BCUT2D eigenvalue weighted by molar-refractivity contribution is 7.16. The average molecular weight is 372 g/mol. The van der Waals surface area contributed by atoms with E-state index in [1.807, 2.05) is 30.3 Å². The Morgan fingerprint density at radius 2 is 2.04 bits per heavy atom. The molecule has 134 valence electrons. The molecule has 1 aromatic carbocycles. The molecule has 0 fully saturated rings. The fourth-order valence-corrected chi connectivity index (χ4v) is 3.08. The molecule has 0 saturated carbocycles. The smallest absolute Gasteiger partial charge is 0.325 e. The summed E-state index contributed by atoms with van der Waals surface area (Å²) in [5.41, 5.74) is 1.18. The summed E-state index contributed by atoms with van der Waals surface area (Å²) in [5, 5.41) is 7.03. The van der Waals surface area contributed by atoms with E-state index in [9.17, 15) is 14.4 Å². The van der Waals surface area contributed by atoms with Crippen molar-refractivity contribution < 1.29 is 14.3 Å². The Kier molecular flexibility index (Phi) is 5.37. The van der Waals surface area contributed by atoms with Crippen LogP contribution in [0.15, 0.2) is 41.2 Å². The molecule has 0 atom stereocenters. The van der Waals surface area contributed by atoms with E-state index in [1.54, 1.807) is 6.92 Å². The number of benzene rings is 1. The number of amides is 1. The quantitative estimate of drug-likeness (QED) is 0.644. The number of aromatic nitrogens is 3. The Morgan fingerprint density at radius 1 is 1.27 bits per heavy atom. The van der Waals surface area contributed by atoms with E-state index in [2.05, 4.69) is 15.4 Å². The Balaban J connectivity index is 1.49. The number of aryl methyl sites for hydroxylation is 1. The Morgan fingerprint density at radius 3 is 2.81 bits per heavy atom. The Labute approximate surface area is 152 Å². The van der Waals surface area contributed by atoms with Crippen LogP contribution in [0.4, 0.5) is 0 Å². The van der Waals surface area contributed by atoms with Crippen LogP contribution in [0.2, 0.25) is 0 Å². The second-order valence-corrected chi connectivity index (χ2v) is 6.57. The third kappa shape index (κ3) is 4.51. The third-order valence-electron chi connectivity index (χ3n) is 3.41. The number of ether oxygens (including phenoxy) is 1. The van der Waals surface area contributed by atoms with Gasteiger partial charge in [0, 0.05) is 11.8 Å². The van der Waals surface area contributed by atoms with Gasteiger partial charge < -0.3 is 10.1 Å². The fraction of sp³-hybridized carbons (Fsp3) is 0.235. The van der Waals surface area contributed by atoms with Gasteiger partial charge in [-0.1, -0.05) is 41.7 Å². The molecule has 8 nitrogen and oxygen atoms in total. The van der Waals surface area contributed by atoms with Gasteiger partial charge in [-0.3, -0.25) is 14.4 Å². The Hall–Kier alpha value is -3.07. The van der Waals surface area contributed by atoms with Crippen LogP contribution in [-0.4, -0.2) is 33.0 Å². The Bertz CT molecular complexity index is 997. The monoisotopic (exact) mass is 372 g/mol. The fourth-order valence-electron chi connectivity index (χ4n) is 2.23. The molecule has 0 aliphatic rings. The lowest BCUT2D eigenvalue weighted by Gasteiger charge is -2.05. The second-order valence-electron chi connectivity index (χ2n) is 5.53. The van der Waals surface area contributed by atoms with Crippen molar-refractivity contribution in [1.82, 2.24) is 19.9 Å². The maximum absolute atomic E-state index is 11.8. The summed E-state index contributed by atoms with van der Waals surface area (Å²) in [6.07, 6.45) is 0.194. The summed E-state index contributed by atoms with van der Waals surface area (Å²) >= 11 is 1.17. The molecular weight excluding hydrogens is 356 g/mol. The summed E-state index contributed by atoms with van der Waals surface area (Å²) in [6, 6.07) is 10.6. The number of carbonyl (C=O) groups excluding carboxylic acids is 2. The number of nitrogens with one attached hydrogen (secondary N) is 1. The molecule has 0 unspecified atom stereocenters. The third-order valence-corrected chi connectivity index (χ3v) is 4.29. The summed E-state index contributed by atoms with van der Waals surface area (Å²) in [5.74, 6) is -0.846. The zero-order chi connectivity index (χ0) is 18.5. The van der Waals surface area contributed by atoms with Gasteiger partial charge in [0.05, 0.1) is 6.42 Å². The number of fused-ring (bicyclic) bond motifs is 1. The maximum atomic E-state index is 11.8. The molecule has 0 spiro atoms. The lowest BCUT2D eigenvalue weighted by molar-refractivity contribution is -0.145. The predicted molar refractivity (Wildman–Crippen MR) is 94.8 cm³/mol. The topological polar surface area (TPSA) is 103 Å². The minimum Gasteiger partial charge on any atom is -0.457 e. The molecule has 0 aliphatic heterocycles. The molecule has 0 radical (unpaired) electrons. The van der Waals surface area contributed by atoms with E-state index in [0.29, 0.717) is 15.7 Å². The second kappa shape index (κ2) is 7.87. The summed E-state index contributed by atoms with van der Waals surface area (Å²) in [4.78, 5) is 40.0. The highest BCUT2D eigenvalue weighted by atomic mass is 32.1. The van der Waals surface area contributed by atoms with Crippen LogP contribution in [-0.2, 0) is 27.4 Å². The molecule has 3 rings (SSSR count). The van der Waals surface area contributed by atoms with Gasteiger partial charge in [-0.25, -0.2) is 4.98 Å². The van der Waals surface area contributed by atoms with Crippen LogP contribution >= 0.6 is 11.3 Å². The van der Waals surface area contributed by atoms with E-state index < -0.39 is 5.97 Å². The zero-order valence-corrected chi connectivity index (χ0v) is 14.8. The number of hydrogen-bond acceptors (Lipinski definition) is 7. The van der Waals surface area contributed by atoms with Crippen LogP contribution in [0.5, 0.6) is 0 Å². The van der Waals surface area contributed by atoms with Crippen molar-refractivity contribution in [2.45, 2.75) is 20.0 Å². The van der Waals surface area contributed by atoms with Crippen molar-refractivity contribution in [1.29, 1.82) is 0 Å². The average Bonchev–Trinajstić information content (AvgIpc) is 3.02. The van der Waals surface area contributed by atoms with Crippen molar-refractivity contribution in [2.24, 2.45) is 0 Å². The predicted octanol–water partition coefficient (Wildman–Crippen LogP) is 0.862. The van der Waals surface area contributed by atoms with Crippen LogP contribution in [0.25, 0.3) is 4.96 Å². The molecule has 0 bridgehead atoms. The standard InChI is InChI=1S/C17H16N4O4S/c1-11-7-15(23)21-17(19-11)26-14(20-21)10-25-16(24)9-18-13(22)8-12-5-3-2-4-6-12/h2-7H,8-10H2,1H3,(H,18,22). The molecule has 0 aliphatic carbocycles. The number of esters is 1. The van der Waals surface area contributed by atoms with Gasteiger partial charge in [0.2, 0.25) is 10.9 Å². The number of carbonyl (C=O) groups is 2. The molecule has 2 heterocycles. The molecular formula is C17H16N4O4S. The van der Waals surface area contributed by atoms with Gasteiger partial charge in [-0.05, 0) is 12.5 Å². The van der Waals surface area contributed by atoms with Crippen molar-refractivity contribution in [2.75, 3.05) is 6.54 Å². The van der Waals surface area contributed by atoms with Gasteiger partial charge in [0.1, 0.15) is 13.2 Å². The first kappa shape index (κ1) is 17.7. The molecule has 9 heteroatoms. The normalized spacial score (nSPS) is 10.7. The van der Waals surface area contributed by atoms with E-state index in [4.69, 9.17) is 4.74 Å². The zero-order valence-electron chi connectivity index (χ0n) is 14.0. The van der Waals surface area contributed by atoms with Crippen molar-refractivity contribution in [3.8, 4) is 0 Å². The molecule has 1 N–H and O–H groups in total. The van der Waals surface area contributed by atoms with E-state index in [1.165, 1.54) is 21.9 Å². The molecule has 0 saturated heterocycles. The van der Waals surface area contributed by atoms with Gasteiger partial charge >= 0.3 is 5.97 Å². The summed E-state index contributed by atoms with van der Waals surface area (Å²) in [6.45, 7) is 1.41. The maximum Gasteiger partial charge on any atom is 0.325 e. The van der Waals surface area contributed by atoms with Crippen LogP contribution in [0.3, 0.4) is 0 Å².